The molecule has 7 heteroatoms. The van der Waals surface area contributed by atoms with Gasteiger partial charge in [0.2, 0.25) is 0 Å². The third-order valence-electron chi connectivity index (χ3n) is 4.56. The first-order valence-corrected chi connectivity index (χ1v) is 8.59. The van der Waals surface area contributed by atoms with Crippen LogP contribution in [0.5, 0.6) is 0 Å². The quantitative estimate of drug-likeness (QED) is 0.327. The van der Waals surface area contributed by atoms with E-state index in [9.17, 15) is 19.7 Å². The molecule has 0 aliphatic carbocycles. The molecular weight excluding hydrogens is 358 g/mol. The highest BCUT2D eigenvalue weighted by Crippen LogP contribution is 2.30. The molecule has 0 spiro atoms. The number of nitrogens with one attached hydrogen (secondary N) is 1. The summed E-state index contributed by atoms with van der Waals surface area (Å²) in [4.78, 5) is 39.0. The number of H-pyrrole nitrogens is 1. The summed E-state index contributed by atoms with van der Waals surface area (Å²) in [6.07, 6.45) is 1.38. The summed E-state index contributed by atoms with van der Waals surface area (Å²) in [5.41, 5.74) is 1.40. The highest BCUT2D eigenvalue weighted by atomic mass is 16.6. The van der Waals surface area contributed by atoms with Crippen LogP contribution in [0.3, 0.4) is 0 Å². The molecule has 0 unspecified atom stereocenters. The van der Waals surface area contributed by atoms with Gasteiger partial charge in [-0.25, -0.2) is 0 Å². The number of fused-ring (bicyclic) bond motifs is 1. The molecular formula is C21H15N3O4. The van der Waals surface area contributed by atoms with E-state index < -0.39 is 16.2 Å². The number of hydrogen-bond donors (Lipinski definition) is 1. The van der Waals surface area contributed by atoms with Gasteiger partial charge in [-0.2, -0.15) is 0 Å². The van der Waals surface area contributed by atoms with E-state index in [1.807, 2.05) is 54.6 Å². The molecule has 0 fully saturated rings. The van der Waals surface area contributed by atoms with E-state index in [1.165, 1.54) is 12.3 Å². The van der Waals surface area contributed by atoms with Gasteiger partial charge in [0, 0.05) is 23.2 Å². The van der Waals surface area contributed by atoms with Crippen LogP contribution in [-0.2, 0) is 6.54 Å². The van der Waals surface area contributed by atoms with Crippen LogP contribution in [0, 0.1) is 10.1 Å². The number of para-hydroxylation sites is 1. The van der Waals surface area contributed by atoms with Crippen LogP contribution in [-0.4, -0.2) is 20.3 Å². The lowest BCUT2D eigenvalue weighted by Gasteiger charge is -2.07. The molecule has 0 radical (unpaired) electrons. The summed E-state index contributed by atoms with van der Waals surface area (Å²) >= 11 is 0. The number of carbonyl (C=O) groups is 1. The van der Waals surface area contributed by atoms with Gasteiger partial charge in [0.15, 0.2) is 5.78 Å². The average molecular weight is 373 g/mol. The fourth-order valence-corrected chi connectivity index (χ4v) is 3.27. The number of benzene rings is 2. The lowest BCUT2D eigenvalue weighted by atomic mass is 10.0. The zero-order valence-corrected chi connectivity index (χ0v) is 14.7. The third-order valence-corrected chi connectivity index (χ3v) is 4.56. The SMILES string of the molecule is O=C(Cn1cccc([N+](=O)[O-])c1=O)c1c(-c2ccccc2)[nH]c2ccccc12. The van der Waals surface area contributed by atoms with E-state index in [1.54, 1.807) is 0 Å². The van der Waals surface area contributed by atoms with E-state index in [0.717, 1.165) is 27.1 Å². The van der Waals surface area contributed by atoms with Crippen molar-refractivity contribution in [3.8, 4) is 11.3 Å². The van der Waals surface area contributed by atoms with Crippen LogP contribution in [0.1, 0.15) is 10.4 Å². The monoisotopic (exact) mass is 373 g/mol. The average Bonchev–Trinajstić information content (AvgIpc) is 3.09. The summed E-state index contributed by atoms with van der Waals surface area (Å²) in [5, 5.41) is 11.7. The molecule has 0 saturated heterocycles. The molecule has 138 valence electrons. The molecule has 0 saturated carbocycles. The molecule has 0 atom stereocenters. The highest BCUT2D eigenvalue weighted by molar-refractivity contribution is 6.13. The van der Waals surface area contributed by atoms with E-state index in [-0.39, 0.29) is 12.3 Å². The van der Waals surface area contributed by atoms with E-state index >= 15 is 0 Å². The largest absolute Gasteiger partial charge is 0.354 e. The van der Waals surface area contributed by atoms with Gasteiger partial charge in [-0.15, -0.1) is 0 Å². The minimum atomic E-state index is -0.804. The second-order valence-corrected chi connectivity index (χ2v) is 6.29. The lowest BCUT2D eigenvalue weighted by molar-refractivity contribution is -0.386. The highest BCUT2D eigenvalue weighted by Gasteiger charge is 2.21. The zero-order valence-electron chi connectivity index (χ0n) is 14.7. The molecule has 4 aromatic rings. The van der Waals surface area contributed by atoms with Crippen molar-refractivity contribution in [2.75, 3.05) is 0 Å². The van der Waals surface area contributed by atoms with Crippen molar-refractivity contribution in [2.45, 2.75) is 6.54 Å². The third kappa shape index (κ3) is 2.99. The van der Waals surface area contributed by atoms with Gasteiger partial charge in [-0.1, -0.05) is 48.5 Å². The Morgan fingerprint density at radius 3 is 2.46 bits per heavy atom. The Balaban J connectivity index is 1.83. The number of pyridine rings is 1. The van der Waals surface area contributed by atoms with Crippen molar-refractivity contribution in [1.29, 1.82) is 0 Å². The van der Waals surface area contributed by atoms with Crippen LogP contribution in [0.2, 0.25) is 0 Å². The zero-order chi connectivity index (χ0) is 19.7. The van der Waals surface area contributed by atoms with Crippen molar-refractivity contribution in [3.63, 3.8) is 0 Å². The predicted molar refractivity (Wildman–Crippen MR) is 105 cm³/mol. The number of Topliss-reactive ketones (excluding diaryl/α,β-unsaturated/α-hetero) is 1. The van der Waals surface area contributed by atoms with Gasteiger partial charge in [0.05, 0.1) is 22.7 Å². The minimum absolute atomic E-state index is 0.289. The van der Waals surface area contributed by atoms with Crippen molar-refractivity contribution in [2.24, 2.45) is 0 Å². The molecule has 28 heavy (non-hydrogen) atoms. The number of ketones is 1. The Morgan fingerprint density at radius 2 is 1.71 bits per heavy atom. The van der Waals surface area contributed by atoms with Gasteiger partial charge in [0.1, 0.15) is 0 Å². The maximum Gasteiger partial charge on any atom is 0.334 e. The number of rotatable bonds is 5. The Labute approximate surface area is 159 Å². The van der Waals surface area contributed by atoms with Crippen LogP contribution in [0.25, 0.3) is 22.2 Å². The molecule has 4 rings (SSSR count). The summed E-state index contributed by atoms with van der Waals surface area (Å²) in [6.45, 7) is -0.289. The van der Waals surface area contributed by atoms with Gasteiger partial charge < -0.3 is 9.55 Å². The summed E-state index contributed by atoms with van der Waals surface area (Å²) < 4.78 is 1.07. The maximum absolute atomic E-state index is 13.2. The minimum Gasteiger partial charge on any atom is -0.354 e. The van der Waals surface area contributed by atoms with E-state index in [4.69, 9.17) is 0 Å². The summed E-state index contributed by atoms with van der Waals surface area (Å²) in [7, 11) is 0. The number of aromatic nitrogens is 2. The first-order valence-electron chi connectivity index (χ1n) is 8.59. The smallest absolute Gasteiger partial charge is 0.334 e. The fourth-order valence-electron chi connectivity index (χ4n) is 3.27. The van der Waals surface area contributed by atoms with E-state index in [0.29, 0.717) is 11.3 Å². The summed E-state index contributed by atoms with van der Waals surface area (Å²) in [5.74, 6) is -0.307. The van der Waals surface area contributed by atoms with Crippen molar-refractivity contribution >= 4 is 22.4 Å². The van der Waals surface area contributed by atoms with Crippen LogP contribution < -0.4 is 5.56 Å². The number of nitro groups is 1. The van der Waals surface area contributed by atoms with Gasteiger partial charge >= 0.3 is 11.2 Å². The van der Waals surface area contributed by atoms with E-state index in [2.05, 4.69) is 4.98 Å². The molecule has 0 bridgehead atoms. The predicted octanol–water partition coefficient (Wildman–Crippen LogP) is 3.79. The Hall–Kier alpha value is -4.00. The molecule has 2 heterocycles. The molecule has 0 amide bonds. The van der Waals surface area contributed by atoms with Crippen molar-refractivity contribution in [1.82, 2.24) is 9.55 Å². The van der Waals surface area contributed by atoms with Crippen molar-refractivity contribution < 1.29 is 9.72 Å². The number of hydrogen-bond acceptors (Lipinski definition) is 4. The lowest BCUT2D eigenvalue weighted by Crippen LogP contribution is -2.25. The fraction of sp³-hybridized carbons (Fsp3) is 0.0476. The Kier molecular flexibility index (Phi) is 4.33. The van der Waals surface area contributed by atoms with Crippen LogP contribution >= 0.6 is 0 Å². The molecule has 0 aliphatic heterocycles. The standard InChI is InChI=1S/C21H15N3O4/c25-18(13-23-12-6-11-17(21(23)26)24(27)28)19-15-9-4-5-10-16(15)22-20(19)14-7-2-1-3-8-14/h1-12,22H,13H2. The summed E-state index contributed by atoms with van der Waals surface area (Å²) in [6, 6.07) is 19.3. The first kappa shape index (κ1) is 17.4. The van der Waals surface area contributed by atoms with Crippen LogP contribution in [0.4, 0.5) is 5.69 Å². The van der Waals surface area contributed by atoms with Gasteiger partial charge in [-0.05, 0) is 17.7 Å². The second-order valence-electron chi connectivity index (χ2n) is 6.29. The van der Waals surface area contributed by atoms with Gasteiger partial charge in [-0.3, -0.25) is 19.7 Å². The molecule has 0 aliphatic rings. The second kappa shape index (κ2) is 6.96. The van der Waals surface area contributed by atoms with Crippen LogP contribution in [0.15, 0.2) is 77.7 Å². The molecule has 2 aromatic heterocycles. The molecule has 1 N–H and O–H groups in total. The van der Waals surface area contributed by atoms with Gasteiger partial charge in [0.25, 0.3) is 0 Å². The maximum atomic E-state index is 13.2. The molecule has 7 nitrogen and oxygen atoms in total. The first-order chi connectivity index (χ1) is 13.6. The topological polar surface area (TPSA) is 98.0 Å². The Morgan fingerprint density at radius 1 is 1.00 bits per heavy atom. The number of carbonyl (C=O) groups excluding carboxylic acids is 1. The number of nitrogens with zero attached hydrogens (tertiary/aromatic N) is 2. The molecule has 2 aromatic carbocycles. The Bertz CT molecular complexity index is 1260. The van der Waals surface area contributed by atoms with Crippen molar-refractivity contribution in [3.05, 3.63) is 99.0 Å². The number of aromatic amines is 1. The normalized spacial score (nSPS) is 10.9.